The molecule has 1 aliphatic heterocycles. The maximum absolute atomic E-state index is 12.6. The van der Waals surface area contributed by atoms with Gasteiger partial charge in [0.25, 0.3) is 5.91 Å². The van der Waals surface area contributed by atoms with Gasteiger partial charge in [-0.05, 0) is 19.1 Å². The van der Waals surface area contributed by atoms with E-state index in [1.807, 2.05) is 6.92 Å². The van der Waals surface area contributed by atoms with E-state index in [9.17, 15) is 9.90 Å². The van der Waals surface area contributed by atoms with Crippen molar-refractivity contribution in [3.05, 3.63) is 23.8 Å². The van der Waals surface area contributed by atoms with Crippen LogP contribution < -0.4 is 10.5 Å². The molecular formula is C14H20N2O4. The molecule has 1 fully saturated rings. The summed E-state index contributed by atoms with van der Waals surface area (Å²) >= 11 is 0. The van der Waals surface area contributed by atoms with Crippen LogP contribution in [0.2, 0.25) is 0 Å². The highest BCUT2D eigenvalue weighted by Gasteiger charge is 2.29. The van der Waals surface area contributed by atoms with Crippen LogP contribution in [-0.2, 0) is 4.74 Å². The number of carbonyl (C=O) groups is 1. The molecule has 110 valence electrons. The van der Waals surface area contributed by atoms with Crippen LogP contribution in [0.5, 0.6) is 5.75 Å². The van der Waals surface area contributed by atoms with Crippen molar-refractivity contribution in [1.82, 2.24) is 4.90 Å². The predicted molar refractivity (Wildman–Crippen MR) is 74.7 cm³/mol. The van der Waals surface area contributed by atoms with E-state index in [-0.39, 0.29) is 24.7 Å². The largest absolute Gasteiger partial charge is 0.496 e. The number of hydrogen-bond donors (Lipinski definition) is 2. The monoisotopic (exact) mass is 280 g/mol. The second-order valence-corrected chi connectivity index (χ2v) is 4.92. The number of aliphatic hydroxyl groups is 1. The molecule has 0 saturated carbocycles. The van der Waals surface area contributed by atoms with Crippen LogP contribution >= 0.6 is 0 Å². The van der Waals surface area contributed by atoms with Crippen LogP contribution in [0.1, 0.15) is 17.3 Å². The molecule has 3 N–H and O–H groups in total. The first-order valence-electron chi connectivity index (χ1n) is 6.54. The summed E-state index contributed by atoms with van der Waals surface area (Å²) < 4.78 is 10.7. The molecule has 6 nitrogen and oxygen atoms in total. The van der Waals surface area contributed by atoms with Gasteiger partial charge in [0.05, 0.1) is 31.5 Å². The van der Waals surface area contributed by atoms with Crippen LogP contribution in [0, 0.1) is 0 Å². The Labute approximate surface area is 118 Å². The number of ether oxygens (including phenoxy) is 2. The zero-order valence-corrected chi connectivity index (χ0v) is 11.7. The molecule has 1 aliphatic rings. The molecule has 1 aromatic carbocycles. The van der Waals surface area contributed by atoms with Crippen molar-refractivity contribution in [2.75, 3.05) is 32.5 Å². The summed E-state index contributed by atoms with van der Waals surface area (Å²) in [6, 6.07) is 4.95. The lowest BCUT2D eigenvalue weighted by molar-refractivity contribution is -0.0859. The Balaban J connectivity index is 2.22. The standard InChI is InChI=1S/C14H20N2O4/c1-9-6-16(7-11(8-17)20-9)14(18)12-4-3-10(15)5-13(12)19-2/h3-5,9,11,17H,6-8,15H2,1-2H3. The van der Waals surface area contributed by atoms with E-state index in [0.29, 0.717) is 30.1 Å². The SMILES string of the molecule is COc1cc(N)ccc1C(=O)N1CC(C)OC(CO)C1. The Hall–Kier alpha value is -1.79. The highest BCUT2D eigenvalue weighted by atomic mass is 16.5. The van der Waals surface area contributed by atoms with E-state index < -0.39 is 0 Å². The molecule has 0 radical (unpaired) electrons. The lowest BCUT2D eigenvalue weighted by atomic mass is 10.1. The van der Waals surface area contributed by atoms with E-state index >= 15 is 0 Å². The minimum absolute atomic E-state index is 0.104. The van der Waals surface area contributed by atoms with Gasteiger partial charge in [0.1, 0.15) is 5.75 Å². The molecule has 0 aliphatic carbocycles. The zero-order valence-electron chi connectivity index (χ0n) is 11.7. The van der Waals surface area contributed by atoms with Crippen LogP contribution in [-0.4, -0.2) is 54.9 Å². The maximum Gasteiger partial charge on any atom is 0.257 e. The van der Waals surface area contributed by atoms with Crippen molar-refractivity contribution in [2.45, 2.75) is 19.1 Å². The normalized spacial score (nSPS) is 22.6. The van der Waals surface area contributed by atoms with Crippen molar-refractivity contribution in [2.24, 2.45) is 0 Å². The van der Waals surface area contributed by atoms with Gasteiger partial charge >= 0.3 is 0 Å². The van der Waals surface area contributed by atoms with Gasteiger partial charge in [-0.15, -0.1) is 0 Å². The Morgan fingerprint density at radius 2 is 2.30 bits per heavy atom. The van der Waals surface area contributed by atoms with Crippen LogP contribution in [0.15, 0.2) is 18.2 Å². The number of aliphatic hydroxyl groups excluding tert-OH is 1. The van der Waals surface area contributed by atoms with Crippen LogP contribution in [0.3, 0.4) is 0 Å². The van der Waals surface area contributed by atoms with Gasteiger partial charge in [0, 0.05) is 24.8 Å². The topological polar surface area (TPSA) is 85.0 Å². The lowest BCUT2D eigenvalue weighted by Crippen LogP contribution is -2.50. The summed E-state index contributed by atoms with van der Waals surface area (Å²) in [6.45, 7) is 2.63. The molecule has 0 spiro atoms. The maximum atomic E-state index is 12.6. The number of morpholine rings is 1. The highest BCUT2D eigenvalue weighted by Crippen LogP contribution is 2.24. The second-order valence-electron chi connectivity index (χ2n) is 4.92. The fraction of sp³-hybridized carbons (Fsp3) is 0.500. The van der Waals surface area contributed by atoms with Gasteiger partial charge < -0.3 is 25.2 Å². The molecule has 2 unspecified atom stereocenters. The van der Waals surface area contributed by atoms with E-state index in [1.54, 1.807) is 23.1 Å². The van der Waals surface area contributed by atoms with E-state index in [2.05, 4.69) is 0 Å². The van der Waals surface area contributed by atoms with Gasteiger partial charge in [-0.1, -0.05) is 0 Å². The summed E-state index contributed by atoms with van der Waals surface area (Å²) in [5.74, 6) is 0.310. The number of hydrogen-bond acceptors (Lipinski definition) is 5. The number of carbonyl (C=O) groups excluding carboxylic acids is 1. The van der Waals surface area contributed by atoms with Gasteiger partial charge in [0.15, 0.2) is 0 Å². The third kappa shape index (κ3) is 3.02. The van der Waals surface area contributed by atoms with Crippen molar-refractivity contribution >= 4 is 11.6 Å². The summed E-state index contributed by atoms with van der Waals surface area (Å²) in [6.07, 6.45) is -0.452. The molecule has 0 aromatic heterocycles. The first-order chi connectivity index (χ1) is 9.55. The number of benzene rings is 1. The average molecular weight is 280 g/mol. The van der Waals surface area contributed by atoms with Gasteiger partial charge in [-0.25, -0.2) is 0 Å². The molecule has 6 heteroatoms. The number of anilines is 1. The summed E-state index contributed by atoms with van der Waals surface area (Å²) in [4.78, 5) is 14.2. The second kappa shape index (κ2) is 6.11. The minimum Gasteiger partial charge on any atom is -0.496 e. The predicted octanol–water partition coefficient (Wildman–Crippen LogP) is 0.499. The molecular weight excluding hydrogens is 260 g/mol. The third-order valence-corrected chi connectivity index (χ3v) is 3.27. The number of amides is 1. The molecule has 20 heavy (non-hydrogen) atoms. The van der Waals surface area contributed by atoms with Crippen molar-refractivity contribution in [1.29, 1.82) is 0 Å². The molecule has 1 aromatic rings. The first kappa shape index (κ1) is 14.6. The van der Waals surface area contributed by atoms with Crippen LogP contribution in [0.4, 0.5) is 5.69 Å². The van der Waals surface area contributed by atoms with Crippen molar-refractivity contribution in [3.8, 4) is 5.75 Å². The van der Waals surface area contributed by atoms with E-state index in [0.717, 1.165) is 0 Å². The first-order valence-corrected chi connectivity index (χ1v) is 6.54. The Morgan fingerprint density at radius 3 is 2.95 bits per heavy atom. The van der Waals surface area contributed by atoms with E-state index in [4.69, 9.17) is 15.2 Å². The van der Waals surface area contributed by atoms with Crippen molar-refractivity contribution < 1.29 is 19.4 Å². The molecule has 0 bridgehead atoms. The van der Waals surface area contributed by atoms with Gasteiger partial charge in [-0.3, -0.25) is 4.79 Å². The van der Waals surface area contributed by atoms with Crippen LogP contribution in [0.25, 0.3) is 0 Å². The Kier molecular flexibility index (Phi) is 4.46. The highest BCUT2D eigenvalue weighted by molar-refractivity contribution is 5.97. The number of rotatable bonds is 3. The molecule has 1 amide bonds. The molecule has 1 heterocycles. The van der Waals surface area contributed by atoms with Gasteiger partial charge in [-0.2, -0.15) is 0 Å². The fourth-order valence-electron chi connectivity index (χ4n) is 2.37. The minimum atomic E-state index is -0.345. The summed E-state index contributed by atoms with van der Waals surface area (Å²) in [5.41, 5.74) is 6.70. The number of nitrogen functional groups attached to an aromatic ring is 1. The summed E-state index contributed by atoms with van der Waals surface area (Å²) in [7, 11) is 1.50. The molecule has 2 atom stereocenters. The Morgan fingerprint density at radius 1 is 1.55 bits per heavy atom. The molecule has 2 rings (SSSR count). The fourth-order valence-corrected chi connectivity index (χ4v) is 2.37. The lowest BCUT2D eigenvalue weighted by Gasteiger charge is -2.36. The van der Waals surface area contributed by atoms with E-state index in [1.165, 1.54) is 7.11 Å². The molecule has 1 saturated heterocycles. The number of nitrogens with zero attached hydrogens (tertiary/aromatic N) is 1. The smallest absolute Gasteiger partial charge is 0.257 e. The Bertz CT molecular complexity index is 492. The zero-order chi connectivity index (χ0) is 14.7. The van der Waals surface area contributed by atoms with Crippen molar-refractivity contribution in [3.63, 3.8) is 0 Å². The average Bonchev–Trinajstić information content (AvgIpc) is 2.45. The quantitative estimate of drug-likeness (QED) is 0.788. The number of methoxy groups -OCH3 is 1. The summed E-state index contributed by atoms with van der Waals surface area (Å²) in [5, 5.41) is 9.21. The van der Waals surface area contributed by atoms with Gasteiger partial charge in [0.2, 0.25) is 0 Å². The number of nitrogens with two attached hydrogens (primary N) is 1. The third-order valence-electron chi connectivity index (χ3n) is 3.27.